The Morgan fingerprint density at radius 3 is 2.48 bits per heavy atom. The normalized spacial score (nSPS) is 16.0. The molecule has 0 aliphatic carbocycles. The predicted octanol–water partition coefficient (Wildman–Crippen LogP) is 3.19. The molecule has 0 unspecified atom stereocenters. The first-order valence-corrected chi connectivity index (χ1v) is 8.49. The van der Waals surface area contributed by atoms with E-state index in [0.29, 0.717) is 11.7 Å². The average molecular weight is 372 g/mol. The van der Waals surface area contributed by atoms with Gasteiger partial charge in [-0.2, -0.15) is 5.26 Å². The molecule has 0 bridgehead atoms. The summed E-state index contributed by atoms with van der Waals surface area (Å²) in [6, 6.07) is 14.4. The number of aromatic nitrogens is 2. The average Bonchev–Trinajstić information content (AvgIpc) is 2.59. The number of likely N-dealkylation sites (tertiary alicyclic amines) is 1. The maximum Gasteiger partial charge on any atom is 0.163 e. The molecule has 2 heterocycles. The monoisotopic (exact) mass is 371 g/mol. The summed E-state index contributed by atoms with van der Waals surface area (Å²) in [5.74, 6) is 0.746. The second-order valence-corrected chi connectivity index (χ2v) is 6.65. The molecule has 23 heavy (non-hydrogen) atoms. The van der Waals surface area contributed by atoms with Gasteiger partial charge in [0.25, 0.3) is 0 Å². The summed E-state index contributed by atoms with van der Waals surface area (Å²) in [7, 11) is 0. The highest BCUT2D eigenvalue weighted by Gasteiger charge is 2.19. The highest BCUT2D eigenvalue weighted by molar-refractivity contribution is 9.10. The van der Waals surface area contributed by atoms with Crippen molar-refractivity contribution >= 4 is 21.7 Å². The van der Waals surface area contributed by atoms with Gasteiger partial charge < -0.3 is 5.32 Å². The van der Waals surface area contributed by atoms with Gasteiger partial charge in [0.2, 0.25) is 0 Å². The molecule has 6 heteroatoms. The summed E-state index contributed by atoms with van der Waals surface area (Å²) in [6.07, 6.45) is 2.16. The van der Waals surface area contributed by atoms with Gasteiger partial charge in [-0.25, -0.2) is 0 Å². The number of hydrogen-bond acceptors (Lipinski definition) is 5. The molecule has 1 aliphatic heterocycles. The lowest BCUT2D eigenvalue weighted by Gasteiger charge is -2.32. The van der Waals surface area contributed by atoms with Crippen molar-refractivity contribution in [2.45, 2.75) is 25.4 Å². The van der Waals surface area contributed by atoms with Crippen LogP contribution in [0.5, 0.6) is 0 Å². The molecule has 1 N–H and O–H groups in total. The highest BCUT2D eigenvalue weighted by Crippen LogP contribution is 2.18. The van der Waals surface area contributed by atoms with Crippen LogP contribution in [0.1, 0.15) is 24.1 Å². The number of hydrogen-bond donors (Lipinski definition) is 1. The SMILES string of the molecule is N#Cc1ccc(NC2CCN(Cc3ccc(Br)cc3)CC2)nn1. The summed E-state index contributed by atoms with van der Waals surface area (Å²) in [5.41, 5.74) is 1.69. The minimum atomic E-state index is 0.347. The fourth-order valence-corrected chi connectivity index (χ4v) is 3.03. The number of nitrogens with zero attached hydrogens (tertiary/aromatic N) is 4. The summed E-state index contributed by atoms with van der Waals surface area (Å²) in [4.78, 5) is 2.48. The van der Waals surface area contributed by atoms with Gasteiger partial charge in [0.05, 0.1) is 0 Å². The Hall–Kier alpha value is -1.97. The molecule has 3 rings (SSSR count). The van der Waals surface area contributed by atoms with Gasteiger partial charge >= 0.3 is 0 Å². The number of nitriles is 1. The summed E-state index contributed by atoms with van der Waals surface area (Å²) >= 11 is 3.47. The van der Waals surface area contributed by atoms with Crippen molar-refractivity contribution in [3.8, 4) is 6.07 Å². The fraction of sp³-hybridized carbons (Fsp3) is 0.353. The first kappa shape index (κ1) is 15.9. The number of rotatable bonds is 4. The molecular weight excluding hydrogens is 354 g/mol. The molecule has 0 atom stereocenters. The Balaban J connectivity index is 1.48. The van der Waals surface area contributed by atoms with E-state index in [2.05, 4.69) is 60.6 Å². The topological polar surface area (TPSA) is 64.8 Å². The van der Waals surface area contributed by atoms with Crippen molar-refractivity contribution in [1.29, 1.82) is 5.26 Å². The standard InChI is InChI=1S/C17H18BrN5/c18-14-3-1-13(2-4-14)12-23-9-7-15(8-10-23)20-17-6-5-16(11-19)21-22-17/h1-6,15H,7-10,12H2,(H,20,22). The van der Waals surface area contributed by atoms with Crippen LogP contribution in [-0.4, -0.2) is 34.2 Å². The van der Waals surface area contributed by atoms with E-state index in [1.165, 1.54) is 5.56 Å². The van der Waals surface area contributed by atoms with Crippen molar-refractivity contribution in [2.24, 2.45) is 0 Å². The second-order valence-electron chi connectivity index (χ2n) is 5.74. The zero-order chi connectivity index (χ0) is 16.1. The minimum absolute atomic E-state index is 0.347. The summed E-state index contributed by atoms with van der Waals surface area (Å²) in [6.45, 7) is 3.13. The van der Waals surface area contributed by atoms with Crippen molar-refractivity contribution in [3.05, 3.63) is 52.1 Å². The van der Waals surface area contributed by atoms with Gasteiger partial charge in [-0.1, -0.05) is 28.1 Å². The summed E-state index contributed by atoms with van der Waals surface area (Å²) < 4.78 is 1.12. The van der Waals surface area contributed by atoms with Crippen LogP contribution >= 0.6 is 15.9 Å². The van der Waals surface area contributed by atoms with Crippen molar-refractivity contribution in [1.82, 2.24) is 15.1 Å². The van der Waals surface area contributed by atoms with E-state index >= 15 is 0 Å². The van der Waals surface area contributed by atoms with E-state index in [0.717, 1.165) is 42.8 Å². The number of halogens is 1. The third kappa shape index (κ3) is 4.50. The largest absolute Gasteiger partial charge is 0.366 e. The first-order chi connectivity index (χ1) is 11.2. The number of piperidine rings is 1. The highest BCUT2D eigenvalue weighted by atomic mass is 79.9. The van der Waals surface area contributed by atoms with Crippen LogP contribution in [-0.2, 0) is 6.54 Å². The van der Waals surface area contributed by atoms with Crippen LogP contribution < -0.4 is 5.32 Å². The smallest absolute Gasteiger partial charge is 0.163 e. The molecule has 1 aliphatic rings. The molecule has 0 saturated carbocycles. The maximum absolute atomic E-state index is 8.73. The Bertz CT molecular complexity index is 670. The number of nitrogens with one attached hydrogen (secondary N) is 1. The zero-order valence-corrected chi connectivity index (χ0v) is 14.3. The van der Waals surface area contributed by atoms with Crippen molar-refractivity contribution < 1.29 is 0 Å². The molecule has 1 aromatic carbocycles. The summed E-state index contributed by atoms with van der Waals surface area (Å²) in [5, 5.41) is 20.0. The van der Waals surface area contributed by atoms with Crippen molar-refractivity contribution in [2.75, 3.05) is 18.4 Å². The van der Waals surface area contributed by atoms with Gasteiger partial charge in [-0.05, 0) is 42.7 Å². The van der Waals surface area contributed by atoms with Crippen LogP contribution in [0.25, 0.3) is 0 Å². The molecule has 1 fully saturated rings. The van der Waals surface area contributed by atoms with E-state index in [1.807, 2.05) is 12.1 Å². The molecule has 5 nitrogen and oxygen atoms in total. The third-order valence-corrected chi connectivity index (χ3v) is 4.57. The Labute approximate surface area is 144 Å². The molecule has 118 valence electrons. The molecule has 0 spiro atoms. The van der Waals surface area contributed by atoms with Gasteiger partial charge in [0.1, 0.15) is 11.9 Å². The fourth-order valence-electron chi connectivity index (χ4n) is 2.76. The van der Waals surface area contributed by atoms with Crippen LogP contribution in [0.15, 0.2) is 40.9 Å². The van der Waals surface area contributed by atoms with Crippen molar-refractivity contribution in [3.63, 3.8) is 0 Å². The lowest BCUT2D eigenvalue weighted by Crippen LogP contribution is -2.38. The minimum Gasteiger partial charge on any atom is -0.366 e. The lowest BCUT2D eigenvalue weighted by atomic mass is 10.0. The second kappa shape index (κ2) is 7.53. The van der Waals surface area contributed by atoms with E-state index < -0.39 is 0 Å². The zero-order valence-electron chi connectivity index (χ0n) is 12.7. The first-order valence-electron chi connectivity index (χ1n) is 7.70. The lowest BCUT2D eigenvalue weighted by molar-refractivity contribution is 0.211. The molecule has 1 aromatic heterocycles. The Morgan fingerprint density at radius 2 is 1.87 bits per heavy atom. The van der Waals surface area contributed by atoms with Gasteiger partial charge in [-0.3, -0.25) is 4.90 Å². The molecule has 0 amide bonds. The van der Waals surface area contributed by atoms with E-state index in [1.54, 1.807) is 6.07 Å². The van der Waals surface area contributed by atoms with Gasteiger partial charge in [0, 0.05) is 30.1 Å². The molecule has 0 radical (unpaired) electrons. The number of anilines is 1. The van der Waals surface area contributed by atoms with Gasteiger partial charge in [-0.15, -0.1) is 10.2 Å². The Morgan fingerprint density at radius 1 is 1.13 bits per heavy atom. The quantitative estimate of drug-likeness (QED) is 0.893. The Kier molecular flexibility index (Phi) is 5.21. The van der Waals surface area contributed by atoms with E-state index in [4.69, 9.17) is 5.26 Å². The number of benzene rings is 1. The van der Waals surface area contributed by atoms with E-state index in [-0.39, 0.29) is 0 Å². The third-order valence-electron chi connectivity index (χ3n) is 4.04. The van der Waals surface area contributed by atoms with Crippen LogP contribution in [0.4, 0.5) is 5.82 Å². The van der Waals surface area contributed by atoms with Gasteiger partial charge in [0.15, 0.2) is 5.69 Å². The maximum atomic E-state index is 8.73. The molecule has 2 aromatic rings. The predicted molar refractivity (Wildman–Crippen MR) is 92.8 cm³/mol. The van der Waals surface area contributed by atoms with Crippen LogP contribution in [0.2, 0.25) is 0 Å². The van der Waals surface area contributed by atoms with Crippen LogP contribution in [0.3, 0.4) is 0 Å². The molecule has 1 saturated heterocycles. The molecular formula is C17H18BrN5. The van der Waals surface area contributed by atoms with Crippen LogP contribution in [0, 0.1) is 11.3 Å². The van der Waals surface area contributed by atoms with E-state index in [9.17, 15) is 0 Å².